The number of carbonyl (C=O) groups excluding carboxylic acids is 2. The van der Waals surface area contributed by atoms with Gasteiger partial charge in [-0.15, -0.1) is 0 Å². The van der Waals surface area contributed by atoms with Crippen molar-refractivity contribution in [3.63, 3.8) is 0 Å². The van der Waals surface area contributed by atoms with Crippen LogP contribution in [0.4, 0.5) is 4.79 Å². The van der Waals surface area contributed by atoms with E-state index in [-0.39, 0.29) is 6.03 Å². The van der Waals surface area contributed by atoms with Gasteiger partial charge in [-0.25, -0.2) is 4.79 Å². The molecule has 0 unspecified atom stereocenters. The van der Waals surface area contributed by atoms with Gasteiger partial charge in [0.05, 0.1) is 12.6 Å². The number of rotatable bonds is 34. The molecule has 10 nitrogen and oxygen atoms in total. The topological polar surface area (TPSA) is 157 Å². The van der Waals surface area contributed by atoms with Gasteiger partial charge in [0.25, 0.3) is 0 Å². The predicted molar refractivity (Wildman–Crippen MR) is 214 cm³/mol. The van der Waals surface area contributed by atoms with E-state index < -0.39 is 49.1 Å². The normalized spacial score (nSPS) is 20.9. The Morgan fingerprint density at radius 2 is 1.02 bits per heavy atom. The zero-order valence-electron chi connectivity index (χ0n) is 34.0. The fourth-order valence-corrected chi connectivity index (χ4v) is 7.25. The van der Waals surface area contributed by atoms with Gasteiger partial charge in [-0.1, -0.05) is 181 Å². The third-order valence-electron chi connectivity index (χ3n) is 10.7. The van der Waals surface area contributed by atoms with E-state index in [9.17, 15) is 24.9 Å². The smallest absolute Gasteiger partial charge is 0.319 e. The Morgan fingerprint density at radius 1 is 0.635 bits per heavy atom. The first-order valence-electron chi connectivity index (χ1n) is 22.0. The summed E-state index contributed by atoms with van der Waals surface area (Å²) in [6, 6.07) is -2.29. The Labute approximate surface area is 319 Å². The zero-order valence-corrected chi connectivity index (χ0v) is 34.0. The quantitative estimate of drug-likeness (QED) is 0.0363. The Bertz CT molecular complexity index is 849. The Morgan fingerprint density at radius 3 is 1.40 bits per heavy atom. The summed E-state index contributed by atoms with van der Waals surface area (Å²) in [7, 11) is 0. The maximum Gasteiger partial charge on any atom is 0.319 e. The lowest BCUT2D eigenvalue weighted by molar-refractivity contribution is -0.224. The van der Waals surface area contributed by atoms with E-state index in [1.165, 1.54) is 147 Å². The molecule has 3 amide bonds. The number of unbranched alkanes of at least 4 members (excludes halogenated alkanes) is 26. The van der Waals surface area contributed by atoms with Crippen LogP contribution >= 0.6 is 0 Å². The molecule has 0 aromatic carbocycles. The van der Waals surface area contributed by atoms with Gasteiger partial charge in [-0.3, -0.25) is 9.69 Å². The molecule has 1 aliphatic rings. The lowest BCUT2D eigenvalue weighted by atomic mass is 9.95. The number of ether oxygens (including phenoxy) is 1. The lowest BCUT2D eigenvalue weighted by Crippen LogP contribution is -2.70. The van der Waals surface area contributed by atoms with Crippen molar-refractivity contribution in [2.24, 2.45) is 5.73 Å². The third-order valence-corrected chi connectivity index (χ3v) is 10.7. The van der Waals surface area contributed by atoms with Gasteiger partial charge in [-0.2, -0.15) is 0 Å². The molecule has 1 heterocycles. The van der Waals surface area contributed by atoms with E-state index >= 15 is 0 Å². The number of nitrogens with one attached hydrogen (secondary N) is 2. The summed E-state index contributed by atoms with van der Waals surface area (Å²) >= 11 is 0. The van der Waals surface area contributed by atoms with E-state index in [4.69, 9.17) is 10.5 Å². The predicted octanol–water partition coefficient (Wildman–Crippen LogP) is 8.23. The van der Waals surface area contributed by atoms with Crippen molar-refractivity contribution in [3.05, 3.63) is 0 Å². The molecule has 1 aliphatic heterocycles. The molecule has 0 radical (unpaired) electrons. The van der Waals surface area contributed by atoms with E-state index in [0.717, 1.165) is 44.9 Å². The average Bonchev–Trinajstić information content (AvgIpc) is 3.13. The second-order valence-corrected chi connectivity index (χ2v) is 15.7. The van der Waals surface area contributed by atoms with E-state index in [0.29, 0.717) is 13.1 Å². The molecule has 0 spiro atoms. The Kier molecular flexibility index (Phi) is 30.7. The van der Waals surface area contributed by atoms with Crippen molar-refractivity contribution in [1.29, 1.82) is 0 Å². The van der Waals surface area contributed by atoms with Gasteiger partial charge in [0, 0.05) is 13.1 Å². The van der Waals surface area contributed by atoms with Crippen LogP contribution in [0.5, 0.6) is 0 Å². The molecular formula is C42H84N4O6. The highest BCUT2D eigenvalue weighted by atomic mass is 16.5. The summed E-state index contributed by atoms with van der Waals surface area (Å²) in [5, 5.41) is 37.3. The summed E-state index contributed by atoms with van der Waals surface area (Å²) in [6.45, 7) is 6.39. The minimum absolute atomic E-state index is 0.339. The Balaban J connectivity index is 2.53. The molecule has 0 aromatic heterocycles. The lowest BCUT2D eigenvalue weighted by Gasteiger charge is -2.46. The van der Waals surface area contributed by atoms with Crippen LogP contribution in [0.3, 0.4) is 0 Å². The second kappa shape index (κ2) is 32.9. The summed E-state index contributed by atoms with van der Waals surface area (Å²) in [5.74, 6) is -0.522. The van der Waals surface area contributed by atoms with Crippen LogP contribution in [0.2, 0.25) is 0 Å². The summed E-state index contributed by atoms with van der Waals surface area (Å²) in [4.78, 5) is 27.8. The fourth-order valence-electron chi connectivity index (χ4n) is 7.25. The molecule has 6 atom stereocenters. The first kappa shape index (κ1) is 48.6. The van der Waals surface area contributed by atoms with Crippen LogP contribution in [-0.4, -0.2) is 88.5 Å². The van der Waals surface area contributed by atoms with Crippen LogP contribution < -0.4 is 16.4 Å². The number of carbonyl (C=O) groups is 2. The molecule has 10 heteroatoms. The van der Waals surface area contributed by atoms with Crippen molar-refractivity contribution in [3.8, 4) is 0 Å². The van der Waals surface area contributed by atoms with Gasteiger partial charge < -0.3 is 36.4 Å². The minimum atomic E-state index is -1.45. The molecule has 0 saturated carbocycles. The molecule has 1 saturated heterocycles. The number of hydrogen-bond acceptors (Lipinski definition) is 7. The van der Waals surface area contributed by atoms with Crippen molar-refractivity contribution >= 4 is 11.9 Å². The fraction of sp³-hybridized carbons (Fsp3) is 0.952. The first-order chi connectivity index (χ1) is 25.3. The SMILES string of the molecule is CCCCCCCCCCCCCCCCCCNC(=O)N(CCCCCCCCCCCCCC)[C@@H]1O[C@H](CO)[C@@H](O)[C@H](O)[C@H]1NC(=O)[C@H](C)N. The maximum absolute atomic E-state index is 13.7. The van der Waals surface area contributed by atoms with Gasteiger partial charge in [0.1, 0.15) is 24.4 Å². The van der Waals surface area contributed by atoms with Crippen molar-refractivity contribution in [2.75, 3.05) is 19.7 Å². The molecular weight excluding hydrogens is 656 g/mol. The van der Waals surface area contributed by atoms with Crippen molar-refractivity contribution < 1.29 is 29.6 Å². The highest BCUT2D eigenvalue weighted by molar-refractivity contribution is 5.81. The van der Waals surface area contributed by atoms with Crippen LogP contribution in [0, 0.1) is 0 Å². The highest BCUT2D eigenvalue weighted by Crippen LogP contribution is 2.25. The van der Waals surface area contributed by atoms with Crippen LogP contribution in [0.25, 0.3) is 0 Å². The number of hydrogen-bond donors (Lipinski definition) is 6. The van der Waals surface area contributed by atoms with E-state index in [1.54, 1.807) is 0 Å². The summed E-state index contributed by atoms with van der Waals surface area (Å²) in [5.41, 5.74) is 5.80. The van der Waals surface area contributed by atoms with Crippen LogP contribution in [0.15, 0.2) is 0 Å². The van der Waals surface area contributed by atoms with Crippen LogP contribution in [-0.2, 0) is 9.53 Å². The molecule has 308 valence electrons. The highest BCUT2D eigenvalue weighted by Gasteiger charge is 2.48. The van der Waals surface area contributed by atoms with E-state index in [2.05, 4.69) is 24.5 Å². The Hall–Kier alpha value is -1.46. The molecule has 1 rings (SSSR count). The summed E-state index contributed by atoms with van der Waals surface area (Å²) < 4.78 is 6.04. The van der Waals surface area contributed by atoms with Gasteiger partial charge in [0.15, 0.2) is 6.23 Å². The third kappa shape index (κ3) is 22.7. The van der Waals surface area contributed by atoms with Crippen molar-refractivity contribution in [1.82, 2.24) is 15.5 Å². The molecule has 7 N–H and O–H groups in total. The van der Waals surface area contributed by atoms with Gasteiger partial charge in [0.2, 0.25) is 5.91 Å². The molecule has 1 fully saturated rings. The van der Waals surface area contributed by atoms with Crippen LogP contribution in [0.1, 0.15) is 201 Å². The number of aliphatic hydroxyl groups is 3. The zero-order chi connectivity index (χ0) is 38.2. The standard InChI is InChI=1S/C42H84N4O6/c1-4-6-8-10-12-14-16-18-19-20-21-22-24-26-28-30-32-44-42(51)46(33-31-29-27-25-23-17-15-13-11-9-7-5-2)41-37(45-40(50)35(3)43)39(49)38(48)36(34-47)52-41/h35-39,41,47-49H,4-34,43H2,1-3H3,(H,44,51)(H,45,50)/t35-,36+,37+,38+,39+,41+/m0/s1. The number of nitrogens with two attached hydrogens (primary N) is 1. The van der Waals surface area contributed by atoms with Gasteiger partial charge >= 0.3 is 6.03 Å². The number of aliphatic hydroxyl groups excluding tert-OH is 3. The molecule has 0 bridgehead atoms. The average molecular weight is 741 g/mol. The largest absolute Gasteiger partial charge is 0.394 e. The van der Waals surface area contributed by atoms with Crippen molar-refractivity contribution in [2.45, 2.75) is 237 Å². The first-order valence-corrected chi connectivity index (χ1v) is 22.0. The molecule has 52 heavy (non-hydrogen) atoms. The number of urea groups is 1. The minimum Gasteiger partial charge on any atom is -0.394 e. The second-order valence-electron chi connectivity index (χ2n) is 15.7. The molecule has 0 aromatic rings. The molecule has 0 aliphatic carbocycles. The number of nitrogens with zero attached hydrogens (tertiary/aromatic N) is 1. The monoisotopic (exact) mass is 741 g/mol. The summed E-state index contributed by atoms with van der Waals surface area (Å²) in [6.07, 6.45) is 29.8. The maximum atomic E-state index is 13.7. The number of amides is 3. The van der Waals surface area contributed by atoms with Gasteiger partial charge in [-0.05, 0) is 19.8 Å². The van der Waals surface area contributed by atoms with E-state index in [1.807, 2.05) is 0 Å².